The van der Waals surface area contributed by atoms with Crippen molar-refractivity contribution < 1.29 is 0 Å². The number of rotatable bonds is 5. The number of nitrogens with one attached hydrogen (secondary N) is 1. The molecule has 1 aromatic carbocycles. The van der Waals surface area contributed by atoms with Crippen LogP contribution in [0.4, 0.5) is 5.69 Å². The zero-order valence-corrected chi connectivity index (χ0v) is 11.9. The maximum Gasteiger partial charge on any atom is 0.0798 e. The molecule has 0 unspecified atom stereocenters. The average Bonchev–Trinajstić information content (AvgIpc) is 2.73. The average molecular weight is 261 g/mol. The van der Waals surface area contributed by atoms with E-state index < -0.39 is 0 Å². The quantitative estimate of drug-likeness (QED) is 0.896. The zero-order chi connectivity index (χ0) is 13.0. The maximum atomic E-state index is 4.25. The van der Waals surface area contributed by atoms with Gasteiger partial charge in [-0.15, -0.1) is 11.3 Å². The fourth-order valence-corrected chi connectivity index (χ4v) is 2.49. The molecule has 2 aromatic rings. The van der Waals surface area contributed by atoms with Crippen LogP contribution in [0.1, 0.15) is 16.1 Å². The highest BCUT2D eigenvalue weighted by molar-refractivity contribution is 7.09. The second-order valence-corrected chi connectivity index (χ2v) is 5.59. The molecule has 0 saturated carbocycles. The smallest absolute Gasteiger partial charge is 0.0798 e. The number of hydrogen-bond donors (Lipinski definition) is 1. The monoisotopic (exact) mass is 261 g/mol. The Labute approximate surface area is 112 Å². The van der Waals surface area contributed by atoms with Gasteiger partial charge in [0.2, 0.25) is 0 Å². The van der Waals surface area contributed by atoms with E-state index in [0.29, 0.717) is 0 Å². The summed E-state index contributed by atoms with van der Waals surface area (Å²) in [5.74, 6) is 0. The summed E-state index contributed by atoms with van der Waals surface area (Å²) in [6, 6.07) is 8.61. The standard InChI is InChI=1S/C14H19N3S/c1-11-14(18-10-16-11)8-15-13-6-4-12(5-7-13)9-17(2)3/h4-7,10,15H,8-9H2,1-3H3. The van der Waals surface area contributed by atoms with Gasteiger partial charge in [-0.05, 0) is 38.7 Å². The van der Waals surface area contributed by atoms with E-state index in [1.54, 1.807) is 11.3 Å². The first-order valence-corrected chi connectivity index (χ1v) is 6.89. The molecule has 1 N–H and O–H groups in total. The zero-order valence-electron chi connectivity index (χ0n) is 11.1. The van der Waals surface area contributed by atoms with E-state index in [1.807, 2.05) is 12.4 Å². The maximum absolute atomic E-state index is 4.25. The third kappa shape index (κ3) is 3.55. The summed E-state index contributed by atoms with van der Waals surface area (Å²) < 4.78 is 0. The molecule has 1 heterocycles. The highest BCUT2D eigenvalue weighted by atomic mass is 32.1. The summed E-state index contributed by atoms with van der Waals surface area (Å²) in [5.41, 5.74) is 5.51. The van der Waals surface area contributed by atoms with Gasteiger partial charge in [-0.2, -0.15) is 0 Å². The molecule has 0 aliphatic rings. The minimum absolute atomic E-state index is 0.851. The van der Waals surface area contributed by atoms with Gasteiger partial charge >= 0.3 is 0 Å². The van der Waals surface area contributed by atoms with Gasteiger partial charge in [0.15, 0.2) is 0 Å². The summed E-state index contributed by atoms with van der Waals surface area (Å²) in [6.07, 6.45) is 0. The van der Waals surface area contributed by atoms with Crippen LogP contribution in [0, 0.1) is 6.92 Å². The third-order valence-corrected chi connectivity index (χ3v) is 3.69. The van der Waals surface area contributed by atoms with E-state index in [4.69, 9.17) is 0 Å². The largest absolute Gasteiger partial charge is 0.380 e. The molecule has 0 saturated heterocycles. The number of anilines is 1. The predicted octanol–water partition coefficient (Wildman–Crippen LogP) is 3.13. The molecule has 18 heavy (non-hydrogen) atoms. The molecule has 0 bridgehead atoms. The molecule has 0 spiro atoms. The Morgan fingerprint density at radius 1 is 1.22 bits per heavy atom. The molecule has 0 aliphatic heterocycles. The Hall–Kier alpha value is -1.39. The molecule has 0 amide bonds. The van der Waals surface area contributed by atoms with E-state index in [0.717, 1.165) is 24.5 Å². The van der Waals surface area contributed by atoms with Gasteiger partial charge in [0.1, 0.15) is 0 Å². The molecular weight excluding hydrogens is 242 g/mol. The lowest BCUT2D eigenvalue weighted by molar-refractivity contribution is 0.402. The van der Waals surface area contributed by atoms with Crippen LogP contribution >= 0.6 is 11.3 Å². The number of nitrogens with zero attached hydrogens (tertiary/aromatic N) is 2. The molecule has 0 fully saturated rings. The lowest BCUT2D eigenvalue weighted by atomic mass is 10.2. The van der Waals surface area contributed by atoms with Gasteiger partial charge in [0.25, 0.3) is 0 Å². The van der Waals surface area contributed by atoms with Gasteiger partial charge < -0.3 is 10.2 Å². The van der Waals surface area contributed by atoms with Crippen LogP contribution < -0.4 is 5.32 Å². The first-order valence-electron chi connectivity index (χ1n) is 6.01. The van der Waals surface area contributed by atoms with Crippen molar-refractivity contribution in [2.75, 3.05) is 19.4 Å². The molecule has 3 nitrogen and oxygen atoms in total. The van der Waals surface area contributed by atoms with Crippen molar-refractivity contribution in [1.29, 1.82) is 0 Å². The fraction of sp³-hybridized carbons (Fsp3) is 0.357. The third-order valence-electron chi connectivity index (χ3n) is 2.75. The highest BCUT2D eigenvalue weighted by Crippen LogP contribution is 2.16. The first kappa shape index (κ1) is 13.1. The molecule has 0 radical (unpaired) electrons. The minimum Gasteiger partial charge on any atom is -0.380 e. The van der Waals surface area contributed by atoms with Crippen LogP contribution in [0.5, 0.6) is 0 Å². The Morgan fingerprint density at radius 2 is 1.94 bits per heavy atom. The molecule has 0 aliphatic carbocycles. The van der Waals surface area contributed by atoms with Gasteiger partial charge in [0.05, 0.1) is 17.7 Å². The van der Waals surface area contributed by atoms with Crippen molar-refractivity contribution in [1.82, 2.24) is 9.88 Å². The van der Waals surface area contributed by atoms with Gasteiger partial charge in [0, 0.05) is 17.1 Å². The summed E-state index contributed by atoms with van der Waals surface area (Å²) >= 11 is 1.70. The molecule has 0 atom stereocenters. The summed E-state index contributed by atoms with van der Waals surface area (Å²) in [6.45, 7) is 3.88. The van der Waals surface area contributed by atoms with Crippen LogP contribution in [0.2, 0.25) is 0 Å². The molecule has 1 aromatic heterocycles. The number of aryl methyl sites for hydroxylation is 1. The van der Waals surface area contributed by atoms with Crippen LogP contribution in [0.3, 0.4) is 0 Å². The first-order chi connectivity index (χ1) is 8.65. The van der Waals surface area contributed by atoms with E-state index in [9.17, 15) is 0 Å². The predicted molar refractivity (Wildman–Crippen MR) is 78.0 cm³/mol. The van der Waals surface area contributed by atoms with Gasteiger partial charge in [-0.3, -0.25) is 0 Å². The van der Waals surface area contributed by atoms with Crippen molar-refractivity contribution in [2.24, 2.45) is 0 Å². The Balaban J connectivity index is 1.92. The van der Waals surface area contributed by atoms with E-state index in [-0.39, 0.29) is 0 Å². The Kier molecular flexibility index (Phi) is 4.33. The lowest BCUT2D eigenvalue weighted by Gasteiger charge is -2.10. The number of benzene rings is 1. The Bertz CT molecular complexity index is 488. The second kappa shape index (κ2) is 5.98. The SMILES string of the molecule is Cc1ncsc1CNc1ccc(CN(C)C)cc1. The summed E-state index contributed by atoms with van der Waals surface area (Å²) in [5, 5.41) is 3.43. The Morgan fingerprint density at radius 3 is 2.50 bits per heavy atom. The van der Waals surface area contributed by atoms with Gasteiger partial charge in [-0.1, -0.05) is 12.1 Å². The van der Waals surface area contributed by atoms with Crippen molar-refractivity contribution in [3.63, 3.8) is 0 Å². The van der Waals surface area contributed by atoms with Crippen molar-refractivity contribution >= 4 is 17.0 Å². The van der Waals surface area contributed by atoms with Crippen LogP contribution in [0.15, 0.2) is 29.8 Å². The van der Waals surface area contributed by atoms with Crippen molar-refractivity contribution in [3.8, 4) is 0 Å². The molecule has 96 valence electrons. The molecule has 4 heteroatoms. The van der Waals surface area contributed by atoms with Crippen LogP contribution in [-0.2, 0) is 13.1 Å². The summed E-state index contributed by atoms with van der Waals surface area (Å²) in [4.78, 5) is 7.72. The lowest BCUT2D eigenvalue weighted by Crippen LogP contribution is -2.10. The normalized spacial score (nSPS) is 10.9. The van der Waals surface area contributed by atoms with Crippen LogP contribution in [-0.4, -0.2) is 24.0 Å². The van der Waals surface area contributed by atoms with E-state index in [2.05, 4.69) is 53.6 Å². The second-order valence-electron chi connectivity index (χ2n) is 4.65. The number of hydrogen-bond acceptors (Lipinski definition) is 4. The topological polar surface area (TPSA) is 28.2 Å². The molecule has 2 rings (SSSR count). The summed E-state index contributed by atoms with van der Waals surface area (Å²) in [7, 11) is 4.16. The molecular formula is C14H19N3S. The fourth-order valence-electron chi connectivity index (χ4n) is 1.77. The van der Waals surface area contributed by atoms with Gasteiger partial charge in [-0.25, -0.2) is 4.98 Å². The van der Waals surface area contributed by atoms with Crippen molar-refractivity contribution in [3.05, 3.63) is 45.9 Å². The van der Waals surface area contributed by atoms with E-state index >= 15 is 0 Å². The van der Waals surface area contributed by atoms with Crippen LogP contribution in [0.25, 0.3) is 0 Å². The number of thiazole rings is 1. The van der Waals surface area contributed by atoms with Crippen molar-refractivity contribution in [2.45, 2.75) is 20.0 Å². The van der Waals surface area contributed by atoms with E-state index in [1.165, 1.54) is 10.4 Å². The number of aromatic nitrogens is 1. The highest BCUT2D eigenvalue weighted by Gasteiger charge is 2.01. The minimum atomic E-state index is 0.851.